The van der Waals surface area contributed by atoms with Crippen molar-refractivity contribution < 1.29 is 24.3 Å². The van der Waals surface area contributed by atoms with Crippen LogP contribution < -0.4 is 16.4 Å². The minimum atomic E-state index is -1.06. The third-order valence-corrected chi connectivity index (χ3v) is 4.28. The van der Waals surface area contributed by atoms with Crippen LogP contribution in [0.2, 0.25) is 0 Å². The zero-order chi connectivity index (χ0) is 21.4. The summed E-state index contributed by atoms with van der Waals surface area (Å²) in [6, 6.07) is 13.2. The lowest BCUT2D eigenvalue weighted by atomic mass is 10.0. The number of amides is 3. The molecule has 0 aliphatic heterocycles. The Labute approximate surface area is 168 Å². The number of nitrogens with one attached hydrogen (secondary N) is 2. The molecule has 5 N–H and O–H groups in total. The molecule has 0 aliphatic carbocycles. The zero-order valence-corrected chi connectivity index (χ0v) is 15.9. The van der Waals surface area contributed by atoms with Crippen LogP contribution >= 0.6 is 0 Å². The molecule has 0 fully saturated rings. The first-order chi connectivity index (χ1) is 13.8. The Morgan fingerprint density at radius 3 is 1.93 bits per heavy atom. The monoisotopic (exact) mass is 397 g/mol. The summed E-state index contributed by atoms with van der Waals surface area (Å²) in [7, 11) is 0. The molecule has 2 aromatic carbocycles. The van der Waals surface area contributed by atoms with Gasteiger partial charge in [-0.15, -0.1) is 0 Å². The van der Waals surface area contributed by atoms with Crippen molar-refractivity contribution in [2.45, 2.75) is 31.8 Å². The average Bonchev–Trinajstić information content (AvgIpc) is 2.67. The summed E-state index contributed by atoms with van der Waals surface area (Å²) in [5.41, 5.74) is 7.03. The molecular weight excluding hydrogens is 374 g/mol. The highest BCUT2D eigenvalue weighted by molar-refractivity contribution is 5.91. The van der Waals surface area contributed by atoms with E-state index < -0.39 is 29.9 Å². The Kier molecular flexibility index (Phi) is 7.47. The lowest BCUT2D eigenvalue weighted by molar-refractivity contribution is -0.130. The molecule has 0 heterocycles. The summed E-state index contributed by atoms with van der Waals surface area (Å²) in [6.07, 6.45) is 0.351. The molecule has 2 aromatic rings. The second-order valence-electron chi connectivity index (χ2n) is 6.61. The predicted octanol–water partition coefficient (Wildman–Crippen LogP) is 0.645. The highest BCUT2D eigenvalue weighted by Gasteiger charge is 2.25. The van der Waals surface area contributed by atoms with Crippen LogP contribution in [0.1, 0.15) is 28.4 Å². The van der Waals surface area contributed by atoms with Gasteiger partial charge in [0.05, 0.1) is 5.56 Å². The highest BCUT2D eigenvalue weighted by atomic mass is 16.4. The van der Waals surface area contributed by atoms with E-state index in [-0.39, 0.29) is 24.3 Å². The van der Waals surface area contributed by atoms with Gasteiger partial charge in [0.15, 0.2) is 0 Å². The smallest absolute Gasteiger partial charge is 0.335 e. The number of carboxylic acids is 1. The molecule has 0 saturated carbocycles. The third kappa shape index (κ3) is 6.76. The zero-order valence-electron chi connectivity index (χ0n) is 15.9. The standard InChI is InChI=1S/C21H23N3O5/c1-13(25)23-18(12-14-5-3-2-4-6-14)20(27)24-17(19(22)26)11-15-7-9-16(10-8-15)21(28)29/h2-10,17-18H,11-12H2,1H3,(H2,22,26)(H,23,25)(H,24,27)(H,28,29)/t17-,18-/m0/s1. The molecule has 3 amide bonds. The highest BCUT2D eigenvalue weighted by Crippen LogP contribution is 2.09. The van der Waals surface area contributed by atoms with Gasteiger partial charge in [0.1, 0.15) is 12.1 Å². The molecule has 2 rings (SSSR count). The summed E-state index contributed by atoms with van der Waals surface area (Å²) >= 11 is 0. The van der Waals surface area contributed by atoms with E-state index in [0.29, 0.717) is 5.56 Å². The first kappa shape index (κ1) is 21.6. The lowest BCUT2D eigenvalue weighted by Crippen LogP contribution is -2.54. The Morgan fingerprint density at radius 1 is 0.862 bits per heavy atom. The number of hydrogen-bond donors (Lipinski definition) is 4. The molecule has 0 spiro atoms. The lowest BCUT2D eigenvalue weighted by Gasteiger charge is -2.22. The fourth-order valence-electron chi connectivity index (χ4n) is 2.82. The molecule has 0 aromatic heterocycles. The number of hydrogen-bond acceptors (Lipinski definition) is 4. The summed E-state index contributed by atoms with van der Waals surface area (Å²) in [5, 5.41) is 14.1. The minimum absolute atomic E-state index is 0.0963. The third-order valence-electron chi connectivity index (χ3n) is 4.28. The summed E-state index contributed by atoms with van der Waals surface area (Å²) in [6.45, 7) is 1.31. The second-order valence-corrected chi connectivity index (χ2v) is 6.61. The number of aromatic carboxylic acids is 1. The van der Waals surface area contributed by atoms with E-state index in [9.17, 15) is 19.2 Å². The second kappa shape index (κ2) is 10.0. The van der Waals surface area contributed by atoms with E-state index in [1.807, 2.05) is 30.3 Å². The molecule has 8 heteroatoms. The molecule has 0 radical (unpaired) electrons. The van der Waals surface area contributed by atoms with Crippen LogP contribution in [0.3, 0.4) is 0 Å². The van der Waals surface area contributed by atoms with Crippen LogP contribution in [0.4, 0.5) is 0 Å². The molecule has 152 valence electrons. The van der Waals surface area contributed by atoms with Crippen molar-refractivity contribution in [1.82, 2.24) is 10.6 Å². The number of rotatable bonds is 9. The van der Waals surface area contributed by atoms with Crippen molar-refractivity contribution in [2.24, 2.45) is 5.73 Å². The van der Waals surface area contributed by atoms with E-state index in [4.69, 9.17) is 10.8 Å². The number of nitrogens with two attached hydrogens (primary N) is 1. The Bertz CT molecular complexity index is 881. The summed E-state index contributed by atoms with van der Waals surface area (Å²) in [5.74, 6) is -2.70. The van der Waals surface area contributed by atoms with Crippen molar-refractivity contribution in [1.29, 1.82) is 0 Å². The number of primary amides is 1. The first-order valence-electron chi connectivity index (χ1n) is 8.99. The van der Waals surface area contributed by atoms with Crippen molar-refractivity contribution in [2.75, 3.05) is 0 Å². The van der Waals surface area contributed by atoms with Gasteiger partial charge in [-0.1, -0.05) is 42.5 Å². The Hall–Kier alpha value is -3.68. The first-order valence-corrected chi connectivity index (χ1v) is 8.99. The fraction of sp³-hybridized carbons (Fsp3) is 0.238. The Morgan fingerprint density at radius 2 is 1.41 bits per heavy atom. The molecule has 29 heavy (non-hydrogen) atoms. The van der Waals surface area contributed by atoms with Gasteiger partial charge in [0, 0.05) is 19.8 Å². The number of carboxylic acid groups (broad SMARTS) is 1. The van der Waals surface area contributed by atoms with E-state index in [2.05, 4.69) is 10.6 Å². The molecule has 0 bridgehead atoms. The van der Waals surface area contributed by atoms with Crippen LogP contribution in [0.25, 0.3) is 0 Å². The van der Waals surface area contributed by atoms with Crippen LogP contribution in [-0.4, -0.2) is 40.9 Å². The molecule has 8 nitrogen and oxygen atoms in total. The normalized spacial score (nSPS) is 12.4. The SMILES string of the molecule is CC(=O)N[C@@H](Cc1ccccc1)C(=O)N[C@@H](Cc1ccc(C(=O)O)cc1)C(N)=O. The van der Waals surface area contributed by atoms with Crippen LogP contribution in [0, 0.1) is 0 Å². The van der Waals surface area contributed by atoms with Gasteiger partial charge >= 0.3 is 5.97 Å². The van der Waals surface area contributed by atoms with Crippen molar-refractivity contribution >= 4 is 23.7 Å². The summed E-state index contributed by atoms with van der Waals surface area (Å²) in [4.78, 5) is 47.0. The maximum absolute atomic E-state index is 12.7. The van der Waals surface area contributed by atoms with Crippen LogP contribution in [0.5, 0.6) is 0 Å². The van der Waals surface area contributed by atoms with Gasteiger partial charge in [-0.2, -0.15) is 0 Å². The topological polar surface area (TPSA) is 139 Å². The quantitative estimate of drug-likeness (QED) is 0.492. The van der Waals surface area contributed by atoms with Crippen molar-refractivity contribution in [3.8, 4) is 0 Å². The molecule has 2 atom stereocenters. The van der Waals surface area contributed by atoms with Crippen LogP contribution in [0.15, 0.2) is 54.6 Å². The van der Waals surface area contributed by atoms with Gasteiger partial charge in [-0.05, 0) is 23.3 Å². The van der Waals surface area contributed by atoms with Gasteiger partial charge < -0.3 is 21.5 Å². The molecule has 0 aliphatic rings. The fourth-order valence-corrected chi connectivity index (χ4v) is 2.82. The van der Waals surface area contributed by atoms with Crippen molar-refractivity contribution in [3.63, 3.8) is 0 Å². The van der Waals surface area contributed by atoms with Crippen LogP contribution in [-0.2, 0) is 27.2 Å². The largest absolute Gasteiger partial charge is 0.478 e. The van der Waals surface area contributed by atoms with Gasteiger partial charge in [0.25, 0.3) is 0 Å². The van der Waals surface area contributed by atoms with E-state index in [1.54, 1.807) is 12.1 Å². The van der Waals surface area contributed by atoms with Gasteiger partial charge in [-0.3, -0.25) is 14.4 Å². The van der Waals surface area contributed by atoms with Gasteiger partial charge in [0.2, 0.25) is 17.7 Å². The molecule has 0 unspecified atom stereocenters. The van der Waals surface area contributed by atoms with Gasteiger partial charge in [-0.25, -0.2) is 4.79 Å². The van der Waals surface area contributed by atoms with E-state index in [0.717, 1.165) is 5.56 Å². The Balaban J connectivity index is 2.11. The average molecular weight is 397 g/mol. The number of carbonyl (C=O) groups excluding carboxylic acids is 3. The molecular formula is C21H23N3O5. The predicted molar refractivity (Wildman–Crippen MR) is 106 cm³/mol. The molecule has 0 saturated heterocycles. The van der Waals surface area contributed by atoms with E-state index >= 15 is 0 Å². The maximum atomic E-state index is 12.7. The number of benzene rings is 2. The minimum Gasteiger partial charge on any atom is -0.478 e. The van der Waals surface area contributed by atoms with E-state index in [1.165, 1.54) is 19.1 Å². The van der Waals surface area contributed by atoms with Crippen molar-refractivity contribution in [3.05, 3.63) is 71.3 Å². The maximum Gasteiger partial charge on any atom is 0.335 e. The summed E-state index contributed by atoms with van der Waals surface area (Å²) < 4.78 is 0. The number of carbonyl (C=O) groups is 4.